The number of halogens is 2. The molecule has 0 spiro atoms. The molecule has 0 radical (unpaired) electrons. The maximum Gasteiger partial charge on any atom is 0.128 e. The van der Waals surface area contributed by atoms with Crippen molar-refractivity contribution in [3.8, 4) is 5.75 Å². The topological polar surface area (TPSA) is 41.5 Å². The predicted molar refractivity (Wildman–Crippen MR) is 77.2 cm³/mol. The highest BCUT2D eigenvalue weighted by molar-refractivity contribution is 5.51. The fourth-order valence-electron chi connectivity index (χ4n) is 1.99. The van der Waals surface area contributed by atoms with Gasteiger partial charge in [-0.05, 0) is 43.3 Å². The maximum absolute atomic E-state index is 13.5. The van der Waals surface area contributed by atoms with Crippen LogP contribution in [0.1, 0.15) is 18.1 Å². The Hall–Kier alpha value is -2.14. The lowest BCUT2D eigenvalue weighted by Gasteiger charge is -2.12. The van der Waals surface area contributed by atoms with Crippen molar-refractivity contribution in [2.45, 2.75) is 20.1 Å². The highest BCUT2D eigenvalue weighted by Gasteiger charge is 2.06. The van der Waals surface area contributed by atoms with E-state index in [4.69, 9.17) is 4.74 Å². The SMILES string of the molecule is CCOc1ccc(NCc2cc(F)ccc2F)cc1CO. The van der Waals surface area contributed by atoms with E-state index in [9.17, 15) is 13.9 Å². The summed E-state index contributed by atoms with van der Waals surface area (Å²) < 4.78 is 32.0. The first kappa shape index (κ1) is 15.3. The van der Waals surface area contributed by atoms with Crippen molar-refractivity contribution in [2.24, 2.45) is 0 Å². The van der Waals surface area contributed by atoms with Gasteiger partial charge in [-0.1, -0.05) is 0 Å². The summed E-state index contributed by atoms with van der Waals surface area (Å²) in [5.41, 5.74) is 1.59. The van der Waals surface area contributed by atoms with Gasteiger partial charge in [0.15, 0.2) is 0 Å². The number of aliphatic hydroxyl groups is 1. The van der Waals surface area contributed by atoms with Crippen molar-refractivity contribution in [3.05, 3.63) is 59.2 Å². The van der Waals surface area contributed by atoms with Crippen molar-refractivity contribution >= 4 is 5.69 Å². The summed E-state index contributed by atoms with van der Waals surface area (Å²) in [6.07, 6.45) is 0. The minimum Gasteiger partial charge on any atom is -0.494 e. The minimum absolute atomic E-state index is 0.154. The fraction of sp³-hybridized carbons (Fsp3) is 0.250. The number of rotatable bonds is 6. The lowest BCUT2D eigenvalue weighted by atomic mass is 10.1. The van der Waals surface area contributed by atoms with Crippen LogP contribution in [0.3, 0.4) is 0 Å². The highest BCUT2D eigenvalue weighted by Crippen LogP contribution is 2.23. The van der Waals surface area contributed by atoms with Crippen LogP contribution in [0.2, 0.25) is 0 Å². The molecule has 21 heavy (non-hydrogen) atoms. The Bertz CT molecular complexity index is 617. The van der Waals surface area contributed by atoms with Gasteiger partial charge in [-0.2, -0.15) is 0 Å². The zero-order valence-electron chi connectivity index (χ0n) is 11.7. The third-order valence-corrected chi connectivity index (χ3v) is 3.02. The van der Waals surface area contributed by atoms with Crippen LogP contribution >= 0.6 is 0 Å². The summed E-state index contributed by atoms with van der Waals surface area (Å²) >= 11 is 0. The van der Waals surface area contributed by atoms with E-state index in [-0.39, 0.29) is 18.7 Å². The molecule has 0 aromatic heterocycles. The van der Waals surface area contributed by atoms with Crippen molar-refractivity contribution in [1.82, 2.24) is 0 Å². The van der Waals surface area contributed by atoms with Gasteiger partial charge in [-0.3, -0.25) is 0 Å². The lowest BCUT2D eigenvalue weighted by Crippen LogP contribution is -2.04. The van der Waals surface area contributed by atoms with Gasteiger partial charge < -0.3 is 15.2 Å². The molecule has 0 aliphatic heterocycles. The maximum atomic E-state index is 13.5. The van der Waals surface area contributed by atoms with Gasteiger partial charge in [-0.15, -0.1) is 0 Å². The lowest BCUT2D eigenvalue weighted by molar-refractivity contribution is 0.267. The average Bonchev–Trinajstić information content (AvgIpc) is 2.49. The zero-order valence-corrected chi connectivity index (χ0v) is 11.7. The Morgan fingerprint density at radius 3 is 2.62 bits per heavy atom. The second kappa shape index (κ2) is 7.04. The Labute approximate surface area is 122 Å². The molecule has 2 rings (SSSR count). The van der Waals surface area contributed by atoms with Crippen LogP contribution in [-0.4, -0.2) is 11.7 Å². The minimum atomic E-state index is -0.476. The number of nitrogens with one attached hydrogen (secondary N) is 1. The molecule has 3 nitrogen and oxygen atoms in total. The standard InChI is InChI=1S/C16H17F2NO2/c1-2-21-16-6-4-14(8-12(16)10-20)19-9-11-7-13(17)3-5-15(11)18/h3-8,19-20H,2,9-10H2,1H3. The van der Waals surface area contributed by atoms with E-state index in [0.29, 0.717) is 23.6 Å². The molecule has 0 unspecified atom stereocenters. The van der Waals surface area contributed by atoms with E-state index in [1.807, 2.05) is 6.92 Å². The van der Waals surface area contributed by atoms with E-state index in [2.05, 4.69) is 5.32 Å². The molecule has 0 aliphatic rings. The fourth-order valence-corrected chi connectivity index (χ4v) is 1.99. The Morgan fingerprint density at radius 2 is 1.90 bits per heavy atom. The molecule has 0 heterocycles. The summed E-state index contributed by atoms with van der Waals surface area (Å²) in [7, 11) is 0. The molecule has 2 aromatic rings. The molecule has 0 aliphatic carbocycles. The van der Waals surface area contributed by atoms with Crippen LogP contribution in [0.25, 0.3) is 0 Å². The van der Waals surface area contributed by atoms with E-state index in [0.717, 1.165) is 18.2 Å². The van der Waals surface area contributed by atoms with Crippen molar-refractivity contribution in [2.75, 3.05) is 11.9 Å². The smallest absolute Gasteiger partial charge is 0.128 e. The number of hydrogen-bond donors (Lipinski definition) is 2. The molecule has 0 fully saturated rings. The van der Waals surface area contributed by atoms with Crippen molar-refractivity contribution in [1.29, 1.82) is 0 Å². The van der Waals surface area contributed by atoms with Crippen LogP contribution < -0.4 is 10.1 Å². The number of hydrogen-bond acceptors (Lipinski definition) is 3. The number of anilines is 1. The number of aliphatic hydroxyl groups excluding tert-OH is 1. The van der Waals surface area contributed by atoms with Crippen molar-refractivity contribution in [3.63, 3.8) is 0 Å². The van der Waals surface area contributed by atoms with Crippen LogP contribution in [0, 0.1) is 11.6 Å². The highest BCUT2D eigenvalue weighted by atomic mass is 19.1. The summed E-state index contributed by atoms with van der Waals surface area (Å²) in [5, 5.41) is 12.3. The van der Waals surface area contributed by atoms with Gasteiger partial charge in [0.25, 0.3) is 0 Å². The Morgan fingerprint density at radius 1 is 1.10 bits per heavy atom. The molecular formula is C16H17F2NO2. The van der Waals surface area contributed by atoms with E-state index in [1.54, 1.807) is 18.2 Å². The van der Waals surface area contributed by atoms with E-state index < -0.39 is 11.6 Å². The first-order valence-electron chi connectivity index (χ1n) is 6.68. The first-order chi connectivity index (χ1) is 10.1. The number of ether oxygens (including phenoxy) is 1. The third-order valence-electron chi connectivity index (χ3n) is 3.02. The molecule has 112 valence electrons. The zero-order chi connectivity index (χ0) is 15.2. The van der Waals surface area contributed by atoms with Gasteiger partial charge in [0.2, 0.25) is 0 Å². The van der Waals surface area contributed by atoms with Crippen molar-refractivity contribution < 1.29 is 18.6 Å². The van der Waals surface area contributed by atoms with E-state index in [1.165, 1.54) is 0 Å². The Balaban J connectivity index is 2.11. The second-order valence-corrected chi connectivity index (χ2v) is 4.50. The van der Waals surface area contributed by atoms with E-state index >= 15 is 0 Å². The molecule has 0 bridgehead atoms. The quantitative estimate of drug-likeness (QED) is 0.857. The predicted octanol–water partition coefficient (Wildman–Crippen LogP) is 3.47. The van der Waals surface area contributed by atoms with Crippen LogP contribution in [0.15, 0.2) is 36.4 Å². The largest absolute Gasteiger partial charge is 0.494 e. The van der Waals surface area contributed by atoms with Gasteiger partial charge in [0.05, 0.1) is 13.2 Å². The summed E-state index contributed by atoms with van der Waals surface area (Å²) in [5.74, 6) is -0.323. The Kier molecular flexibility index (Phi) is 5.11. The molecule has 0 atom stereocenters. The molecule has 0 saturated carbocycles. The summed E-state index contributed by atoms with van der Waals surface area (Å²) in [4.78, 5) is 0. The monoisotopic (exact) mass is 293 g/mol. The normalized spacial score (nSPS) is 10.5. The molecule has 0 amide bonds. The first-order valence-corrected chi connectivity index (χ1v) is 6.68. The molecule has 0 saturated heterocycles. The number of benzene rings is 2. The summed E-state index contributed by atoms with van der Waals surface area (Å²) in [6, 6.07) is 8.57. The summed E-state index contributed by atoms with van der Waals surface area (Å²) in [6.45, 7) is 2.37. The van der Waals surface area contributed by atoms with Crippen LogP contribution in [-0.2, 0) is 13.2 Å². The molecule has 5 heteroatoms. The van der Waals surface area contributed by atoms with Gasteiger partial charge >= 0.3 is 0 Å². The van der Waals surface area contributed by atoms with Crippen LogP contribution in [0.5, 0.6) is 5.75 Å². The van der Waals surface area contributed by atoms with Gasteiger partial charge in [0.1, 0.15) is 17.4 Å². The third kappa shape index (κ3) is 3.92. The van der Waals surface area contributed by atoms with Gasteiger partial charge in [-0.25, -0.2) is 8.78 Å². The molecular weight excluding hydrogens is 276 g/mol. The second-order valence-electron chi connectivity index (χ2n) is 4.50. The van der Waals surface area contributed by atoms with Gasteiger partial charge in [0, 0.05) is 23.4 Å². The van der Waals surface area contributed by atoms with Crippen LogP contribution in [0.4, 0.5) is 14.5 Å². The molecule has 2 aromatic carbocycles. The molecule has 2 N–H and O–H groups in total. The average molecular weight is 293 g/mol.